The Balaban J connectivity index is 2.33. The van der Waals surface area contributed by atoms with Gasteiger partial charge in [-0.25, -0.2) is 8.78 Å². The van der Waals surface area contributed by atoms with Crippen LogP contribution in [0.2, 0.25) is 0 Å². The molecule has 8 heteroatoms. The zero-order chi connectivity index (χ0) is 14.0. The fourth-order valence-corrected chi connectivity index (χ4v) is 2.40. The average molecular weight is 288 g/mol. The van der Waals surface area contributed by atoms with Crippen LogP contribution in [0.25, 0.3) is 0 Å². The second-order valence-corrected chi connectivity index (χ2v) is 5.25. The van der Waals surface area contributed by atoms with Crippen molar-refractivity contribution in [1.82, 2.24) is 0 Å². The van der Waals surface area contributed by atoms with E-state index in [0.717, 1.165) is 12.1 Å². The van der Waals surface area contributed by atoms with Crippen LogP contribution in [0, 0.1) is 11.6 Å². The number of anilines is 1. The smallest absolute Gasteiger partial charge is 0.295 e. The van der Waals surface area contributed by atoms with Crippen LogP contribution < -0.4 is 10.5 Å². The van der Waals surface area contributed by atoms with Crippen molar-refractivity contribution in [3.05, 3.63) is 47.7 Å². The van der Waals surface area contributed by atoms with Crippen molar-refractivity contribution < 1.29 is 21.6 Å². The van der Waals surface area contributed by atoms with Crippen LogP contribution >= 0.6 is 0 Å². The summed E-state index contributed by atoms with van der Waals surface area (Å²) in [5.41, 5.74) is 4.79. The molecule has 0 atom stereocenters. The molecule has 1 aromatic heterocycles. The van der Waals surface area contributed by atoms with Crippen LogP contribution in [0.5, 0.6) is 0 Å². The fraction of sp³-hybridized carbons (Fsp3) is 0.0909. The largest absolute Gasteiger partial charge is 0.446 e. The summed E-state index contributed by atoms with van der Waals surface area (Å²) in [5, 5.41) is -0.420. The highest BCUT2D eigenvalue weighted by Crippen LogP contribution is 2.22. The standard InChI is InChI=1S/C11H10F2N2O3S/c12-8-2-1-3-9(11(8)13)15-19(16,17)10-5-4-7(6-14)18-10/h1-5,15H,6,14H2. The summed E-state index contributed by atoms with van der Waals surface area (Å²) >= 11 is 0. The summed E-state index contributed by atoms with van der Waals surface area (Å²) in [4.78, 5) is 0. The molecule has 0 unspecified atom stereocenters. The highest BCUT2D eigenvalue weighted by molar-refractivity contribution is 7.92. The molecule has 0 aliphatic rings. The quantitative estimate of drug-likeness (QED) is 0.898. The maximum atomic E-state index is 13.4. The average Bonchev–Trinajstić information content (AvgIpc) is 2.84. The first-order valence-electron chi connectivity index (χ1n) is 5.19. The second kappa shape index (κ2) is 4.98. The predicted molar refractivity (Wildman–Crippen MR) is 63.8 cm³/mol. The lowest BCUT2D eigenvalue weighted by Crippen LogP contribution is -2.13. The number of hydrogen-bond acceptors (Lipinski definition) is 4. The molecule has 3 N–H and O–H groups in total. The van der Waals surface area contributed by atoms with Gasteiger partial charge in [0.1, 0.15) is 5.76 Å². The van der Waals surface area contributed by atoms with Crippen molar-refractivity contribution in [3.8, 4) is 0 Å². The van der Waals surface area contributed by atoms with Crippen LogP contribution in [0.4, 0.5) is 14.5 Å². The summed E-state index contributed by atoms with van der Waals surface area (Å²) in [6.07, 6.45) is 0. The van der Waals surface area contributed by atoms with E-state index in [0.29, 0.717) is 0 Å². The van der Waals surface area contributed by atoms with Gasteiger partial charge in [0.15, 0.2) is 11.6 Å². The van der Waals surface area contributed by atoms with Crippen molar-refractivity contribution in [2.45, 2.75) is 11.6 Å². The first-order chi connectivity index (χ1) is 8.94. The van der Waals surface area contributed by atoms with E-state index in [1.54, 1.807) is 0 Å². The molecular formula is C11H10F2N2O3S. The van der Waals surface area contributed by atoms with Crippen molar-refractivity contribution in [3.63, 3.8) is 0 Å². The minimum absolute atomic E-state index is 0.0316. The Hall–Kier alpha value is -1.93. The van der Waals surface area contributed by atoms with Crippen molar-refractivity contribution in [2.24, 2.45) is 5.73 Å². The summed E-state index contributed by atoms with van der Waals surface area (Å²) in [6.45, 7) is 0.0316. The Labute approximate surface area is 108 Å². The molecular weight excluding hydrogens is 278 g/mol. The normalized spacial score (nSPS) is 11.5. The number of rotatable bonds is 4. The predicted octanol–water partition coefficient (Wildman–Crippen LogP) is 1.82. The van der Waals surface area contributed by atoms with Gasteiger partial charge in [-0.2, -0.15) is 8.42 Å². The van der Waals surface area contributed by atoms with Gasteiger partial charge in [0.2, 0.25) is 5.09 Å². The summed E-state index contributed by atoms with van der Waals surface area (Å²) in [6, 6.07) is 5.73. The lowest BCUT2D eigenvalue weighted by atomic mass is 10.3. The highest BCUT2D eigenvalue weighted by atomic mass is 32.2. The topological polar surface area (TPSA) is 85.3 Å². The van der Waals surface area contributed by atoms with Gasteiger partial charge < -0.3 is 10.2 Å². The van der Waals surface area contributed by atoms with Gasteiger partial charge in [-0.1, -0.05) is 6.07 Å². The highest BCUT2D eigenvalue weighted by Gasteiger charge is 2.21. The summed E-state index contributed by atoms with van der Waals surface area (Å²) < 4.78 is 56.9. The van der Waals surface area contributed by atoms with Gasteiger partial charge in [-0.15, -0.1) is 0 Å². The Bertz CT molecular complexity index is 698. The lowest BCUT2D eigenvalue weighted by Gasteiger charge is -2.06. The molecule has 1 heterocycles. The summed E-state index contributed by atoms with van der Waals surface area (Å²) in [7, 11) is -4.12. The van der Waals surface area contributed by atoms with E-state index in [1.807, 2.05) is 4.72 Å². The molecule has 0 aliphatic heterocycles. The van der Waals surface area contributed by atoms with E-state index in [4.69, 9.17) is 10.2 Å². The van der Waals surface area contributed by atoms with Crippen LogP contribution in [0.3, 0.4) is 0 Å². The van der Waals surface area contributed by atoms with Crippen molar-refractivity contribution in [2.75, 3.05) is 4.72 Å². The third-order valence-electron chi connectivity index (χ3n) is 2.30. The van der Waals surface area contributed by atoms with Crippen LogP contribution in [0.15, 0.2) is 39.8 Å². The third-order valence-corrected chi connectivity index (χ3v) is 3.54. The van der Waals surface area contributed by atoms with Crippen LogP contribution in [-0.2, 0) is 16.6 Å². The molecule has 0 saturated carbocycles. The number of hydrogen-bond donors (Lipinski definition) is 2. The van der Waals surface area contributed by atoms with E-state index in [2.05, 4.69) is 0 Å². The van der Waals surface area contributed by atoms with Gasteiger partial charge >= 0.3 is 0 Å². The monoisotopic (exact) mass is 288 g/mol. The molecule has 0 amide bonds. The summed E-state index contributed by atoms with van der Waals surface area (Å²) in [5.74, 6) is -2.17. The lowest BCUT2D eigenvalue weighted by molar-refractivity contribution is 0.417. The van der Waals surface area contributed by atoms with E-state index >= 15 is 0 Å². The Morgan fingerprint density at radius 3 is 2.58 bits per heavy atom. The molecule has 0 saturated heterocycles. The van der Waals surface area contributed by atoms with E-state index in [1.165, 1.54) is 18.2 Å². The minimum Gasteiger partial charge on any atom is -0.446 e. The first-order valence-corrected chi connectivity index (χ1v) is 6.68. The zero-order valence-electron chi connectivity index (χ0n) is 9.56. The zero-order valence-corrected chi connectivity index (χ0v) is 10.4. The van der Waals surface area contributed by atoms with E-state index in [9.17, 15) is 17.2 Å². The number of halogens is 2. The Morgan fingerprint density at radius 2 is 1.95 bits per heavy atom. The number of sulfonamides is 1. The van der Waals surface area contributed by atoms with Crippen molar-refractivity contribution in [1.29, 1.82) is 0 Å². The molecule has 1 aromatic carbocycles. The molecule has 0 bridgehead atoms. The second-order valence-electron chi connectivity index (χ2n) is 3.63. The molecule has 2 aromatic rings. The number of furan rings is 1. The van der Waals surface area contributed by atoms with Gasteiger partial charge in [-0.05, 0) is 24.3 Å². The maximum absolute atomic E-state index is 13.4. The molecule has 102 valence electrons. The molecule has 0 radical (unpaired) electrons. The third kappa shape index (κ3) is 2.74. The van der Waals surface area contributed by atoms with Crippen LogP contribution in [0.1, 0.15) is 5.76 Å². The molecule has 0 fully saturated rings. The SMILES string of the molecule is NCc1ccc(S(=O)(=O)Nc2cccc(F)c2F)o1. The maximum Gasteiger partial charge on any atom is 0.295 e. The van der Waals surface area contributed by atoms with Crippen LogP contribution in [-0.4, -0.2) is 8.42 Å². The molecule has 19 heavy (non-hydrogen) atoms. The number of benzene rings is 1. The van der Waals surface area contributed by atoms with Gasteiger partial charge in [0.05, 0.1) is 12.2 Å². The van der Waals surface area contributed by atoms with Gasteiger partial charge in [-0.3, -0.25) is 4.72 Å². The van der Waals surface area contributed by atoms with E-state index < -0.39 is 32.4 Å². The molecule has 0 aliphatic carbocycles. The Morgan fingerprint density at radius 1 is 1.21 bits per heavy atom. The minimum atomic E-state index is -4.12. The molecule has 0 spiro atoms. The van der Waals surface area contributed by atoms with Gasteiger partial charge in [0.25, 0.3) is 10.0 Å². The Kier molecular flexibility index (Phi) is 3.54. The van der Waals surface area contributed by atoms with Crippen molar-refractivity contribution >= 4 is 15.7 Å². The number of nitrogens with two attached hydrogens (primary N) is 1. The van der Waals surface area contributed by atoms with Gasteiger partial charge in [0, 0.05) is 0 Å². The fourth-order valence-electron chi connectivity index (χ4n) is 1.39. The molecule has 2 rings (SSSR count). The van der Waals surface area contributed by atoms with E-state index in [-0.39, 0.29) is 12.3 Å². The molecule has 5 nitrogen and oxygen atoms in total. The number of nitrogens with one attached hydrogen (secondary N) is 1. The first kappa shape index (κ1) is 13.5.